The lowest BCUT2D eigenvalue weighted by Gasteiger charge is -2.09. The van der Waals surface area contributed by atoms with Crippen molar-refractivity contribution in [3.8, 4) is 0 Å². The van der Waals surface area contributed by atoms with E-state index in [0.29, 0.717) is 31.1 Å². The molecule has 3 N–H and O–H groups in total. The highest BCUT2D eigenvalue weighted by atomic mass is 32.1. The third kappa shape index (κ3) is 6.03. The first-order valence-electron chi connectivity index (χ1n) is 8.74. The van der Waals surface area contributed by atoms with Crippen LogP contribution in [-0.2, 0) is 11.2 Å². The number of amides is 1. The van der Waals surface area contributed by atoms with Gasteiger partial charge in [0.05, 0.1) is 0 Å². The predicted octanol–water partition coefficient (Wildman–Crippen LogP) is 3.15. The van der Waals surface area contributed by atoms with Crippen LogP contribution in [-0.4, -0.2) is 33.9 Å². The van der Waals surface area contributed by atoms with Crippen LogP contribution in [0.3, 0.4) is 0 Å². The zero-order valence-electron chi connectivity index (χ0n) is 15.1. The molecule has 0 aromatic carbocycles. The van der Waals surface area contributed by atoms with Crippen LogP contribution in [0.5, 0.6) is 0 Å². The SMILES string of the molecule is Cc1ccsc1CCC(=O)NCCNc1cc(Nc2ccccn2)ncn1. The minimum atomic E-state index is 0.0600. The molecule has 0 bridgehead atoms. The van der Waals surface area contributed by atoms with E-state index in [9.17, 15) is 4.79 Å². The van der Waals surface area contributed by atoms with Gasteiger partial charge in [-0.25, -0.2) is 15.0 Å². The molecule has 3 aromatic heterocycles. The molecule has 0 unspecified atom stereocenters. The predicted molar refractivity (Wildman–Crippen MR) is 108 cm³/mol. The van der Waals surface area contributed by atoms with Gasteiger partial charge >= 0.3 is 0 Å². The van der Waals surface area contributed by atoms with E-state index in [2.05, 4.69) is 49.3 Å². The Morgan fingerprint density at radius 1 is 1.07 bits per heavy atom. The fourth-order valence-electron chi connectivity index (χ4n) is 2.46. The molecule has 0 atom stereocenters. The summed E-state index contributed by atoms with van der Waals surface area (Å²) in [7, 11) is 0. The second-order valence-electron chi connectivity index (χ2n) is 5.93. The van der Waals surface area contributed by atoms with E-state index < -0.39 is 0 Å². The monoisotopic (exact) mass is 382 g/mol. The number of aryl methyl sites for hydroxylation is 2. The van der Waals surface area contributed by atoms with Gasteiger partial charge in [-0.05, 0) is 42.5 Å². The maximum absolute atomic E-state index is 11.9. The molecule has 0 saturated heterocycles. The van der Waals surface area contributed by atoms with Gasteiger partial charge in [0.1, 0.15) is 23.8 Å². The summed E-state index contributed by atoms with van der Waals surface area (Å²) in [5.74, 6) is 2.12. The summed E-state index contributed by atoms with van der Waals surface area (Å²) >= 11 is 1.70. The molecule has 8 heteroatoms. The number of thiophene rings is 1. The van der Waals surface area contributed by atoms with Crippen molar-refractivity contribution in [3.05, 3.63) is 58.7 Å². The van der Waals surface area contributed by atoms with Crippen molar-refractivity contribution in [2.75, 3.05) is 23.7 Å². The normalized spacial score (nSPS) is 10.4. The van der Waals surface area contributed by atoms with Crippen molar-refractivity contribution >= 4 is 34.7 Å². The molecule has 7 nitrogen and oxygen atoms in total. The molecule has 0 spiro atoms. The van der Waals surface area contributed by atoms with Crippen LogP contribution in [0.15, 0.2) is 48.2 Å². The first-order valence-corrected chi connectivity index (χ1v) is 9.62. The molecular weight excluding hydrogens is 360 g/mol. The fourth-order valence-corrected chi connectivity index (χ4v) is 3.37. The van der Waals surface area contributed by atoms with Crippen molar-refractivity contribution in [2.24, 2.45) is 0 Å². The Balaban J connectivity index is 1.38. The largest absolute Gasteiger partial charge is 0.368 e. The number of hydrogen-bond donors (Lipinski definition) is 3. The van der Waals surface area contributed by atoms with Crippen molar-refractivity contribution in [3.63, 3.8) is 0 Å². The van der Waals surface area contributed by atoms with Gasteiger partial charge in [0, 0.05) is 36.7 Å². The molecule has 1 amide bonds. The van der Waals surface area contributed by atoms with Crippen LogP contribution in [0.2, 0.25) is 0 Å². The van der Waals surface area contributed by atoms with Crippen LogP contribution in [0.4, 0.5) is 17.5 Å². The van der Waals surface area contributed by atoms with E-state index in [-0.39, 0.29) is 5.91 Å². The number of nitrogens with one attached hydrogen (secondary N) is 3. The molecule has 0 saturated carbocycles. The van der Waals surface area contributed by atoms with Crippen molar-refractivity contribution in [2.45, 2.75) is 19.8 Å². The number of hydrogen-bond acceptors (Lipinski definition) is 7. The van der Waals surface area contributed by atoms with E-state index in [1.54, 1.807) is 23.6 Å². The summed E-state index contributed by atoms with van der Waals surface area (Å²) in [6.07, 6.45) is 4.49. The molecule has 0 fully saturated rings. The summed E-state index contributed by atoms with van der Waals surface area (Å²) in [5.41, 5.74) is 1.26. The Labute approximate surface area is 162 Å². The first-order chi connectivity index (χ1) is 13.2. The number of rotatable bonds is 9. The fraction of sp³-hybridized carbons (Fsp3) is 0.263. The molecule has 0 aliphatic heterocycles. The van der Waals surface area contributed by atoms with Crippen LogP contribution in [0.1, 0.15) is 16.9 Å². The molecule has 0 radical (unpaired) electrons. The van der Waals surface area contributed by atoms with E-state index in [1.807, 2.05) is 18.2 Å². The summed E-state index contributed by atoms with van der Waals surface area (Å²) in [4.78, 5) is 25.8. The lowest BCUT2D eigenvalue weighted by atomic mass is 10.2. The van der Waals surface area contributed by atoms with Gasteiger partial charge in [-0.2, -0.15) is 0 Å². The highest BCUT2D eigenvalue weighted by molar-refractivity contribution is 7.10. The number of pyridine rings is 1. The van der Waals surface area contributed by atoms with Crippen molar-refractivity contribution in [1.82, 2.24) is 20.3 Å². The number of nitrogens with zero attached hydrogens (tertiary/aromatic N) is 3. The van der Waals surface area contributed by atoms with Gasteiger partial charge < -0.3 is 16.0 Å². The van der Waals surface area contributed by atoms with Crippen LogP contribution < -0.4 is 16.0 Å². The van der Waals surface area contributed by atoms with Crippen molar-refractivity contribution < 1.29 is 4.79 Å². The average Bonchev–Trinajstić information content (AvgIpc) is 3.10. The average molecular weight is 382 g/mol. The number of carbonyl (C=O) groups excluding carboxylic acids is 1. The van der Waals surface area contributed by atoms with E-state index in [4.69, 9.17) is 0 Å². The smallest absolute Gasteiger partial charge is 0.220 e. The molecule has 140 valence electrons. The number of aromatic nitrogens is 3. The molecule has 3 rings (SSSR count). The standard InChI is InChI=1S/C19H22N6OS/c1-14-7-11-27-15(14)5-6-19(26)22-10-9-21-17-12-18(24-13-23-17)25-16-4-2-3-8-20-16/h2-4,7-8,11-13H,5-6,9-10H2,1H3,(H,22,26)(H2,20,21,23,24,25). The summed E-state index contributed by atoms with van der Waals surface area (Å²) in [5, 5.41) is 11.3. The molecule has 27 heavy (non-hydrogen) atoms. The van der Waals surface area contributed by atoms with Crippen LogP contribution in [0, 0.1) is 6.92 Å². The maximum Gasteiger partial charge on any atom is 0.220 e. The Morgan fingerprint density at radius 3 is 2.74 bits per heavy atom. The highest BCUT2D eigenvalue weighted by Crippen LogP contribution is 2.17. The molecular formula is C19H22N6OS. The zero-order chi connectivity index (χ0) is 18.9. The van der Waals surface area contributed by atoms with Gasteiger partial charge in [0.15, 0.2) is 0 Å². The van der Waals surface area contributed by atoms with E-state index >= 15 is 0 Å². The topological polar surface area (TPSA) is 91.8 Å². The maximum atomic E-state index is 11.9. The first kappa shape index (κ1) is 18.8. The summed E-state index contributed by atoms with van der Waals surface area (Å²) < 4.78 is 0. The number of anilines is 3. The Morgan fingerprint density at radius 2 is 1.96 bits per heavy atom. The van der Waals surface area contributed by atoms with Gasteiger partial charge in [-0.1, -0.05) is 6.07 Å². The molecule has 3 heterocycles. The second-order valence-corrected chi connectivity index (χ2v) is 6.93. The lowest BCUT2D eigenvalue weighted by molar-refractivity contribution is -0.120. The second kappa shape index (κ2) is 9.63. The van der Waals surface area contributed by atoms with Gasteiger partial charge in [-0.15, -0.1) is 11.3 Å². The van der Waals surface area contributed by atoms with E-state index in [0.717, 1.165) is 12.2 Å². The Bertz CT molecular complexity index is 867. The molecule has 0 aliphatic rings. The van der Waals surface area contributed by atoms with Gasteiger partial charge in [0.25, 0.3) is 0 Å². The van der Waals surface area contributed by atoms with E-state index in [1.165, 1.54) is 16.8 Å². The lowest BCUT2D eigenvalue weighted by Crippen LogP contribution is -2.29. The zero-order valence-corrected chi connectivity index (χ0v) is 15.9. The quantitative estimate of drug-likeness (QED) is 0.493. The number of carbonyl (C=O) groups is 1. The minimum Gasteiger partial charge on any atom is -0.368 e. The molecule has 0 aliphatic carbocycles. The Kier molecular flexibility index (Phi) is 6.70. The van der Waals surface area contributed by atoms with Gasteiger partial charge in [-0.3, -0.25) is 4.79 Å². The third-order valence-corrected chi connectivity index (χ3v) is 4.97. The molecule has 3 aromatic rings. The van der Waals surface area contributed by atoms with Crippen molar-refractivity contribution in [1.29, 1.82) is 0 Å². The summed E-state index contributed by atoms with van der Waals surface area (Å²) in [6, 6.07) is 9.51. The van der Waals surface area contributed by atoms with Crippen LogP contribution in [0.25, 0.3) is 0 Å². The minimum absolute atomic E-state index is 0.0600. The Hall–Kier alpha value is -3.00. The third-order valence-electron chi connectivity index (χ3n) is 3.89. The van der Waals surface area contributed by atoms with Crippen LogP contribution >= 0.6 is 11.3 Å². The van der Waals surface area contributed by atoms with Gasteiger partial charge in [0.2, 0.25) is 5.91 Å². The highest BCUT2D eigenvalue weighted by Gasteiger charge is 2.05. The summed E-state index contributed by atoms with van der Waals surface area (Å²) in [6.45, 7) is 3.20.